The number of anilines is 2. The zero-order valence-corrected chi connectivity index (χ0v) is 31.4. The molecule has 280 valence electrons. The second kappa shape index (κ2) is 17.3. The third-order valence-electron chi connectivity index (χ3n) is 11.4. The fraction of sp³-hybridized carbons (Fsp3) is 0.370. The van der Waals surface area contributed by atoms with Gasteiger partial charge in [0.1, 0.15) is 11.5 Å². The van der Waals surface area contributed by atoms with E-state index in [0.29, 0.717) is 18.8 Å². The number of hydrogen-bond donors (Lipinski definition) is 2. The molecule has 1 amide bonds. The van der Waals surface area contributed by atoms with Crippen LogP contribution in [0.3, 0.4) is 0 Å². The van der Waals surface area contributed by atoms with E-state index in [9.17, 15) is 19.5 Å². The van der Waals surface area contributed by atoms with Crippen LogP contribution in [-0.4, -0.2) is 79.3 Å². The van der Waals surface area contributed by atoms with E-state index in [-0.39, 0.29) is 36.1 Å². The van der Waals surface area contributed by atoms with Gasteiger partial charge in [-0.25, -0.2) is 0 Å². The number of Topliss-reactive ketones (excluding diaryl/α,β-unsaturated/α-hetero) is 2. The number of allylic oxidation sites excluding steroid dienone is 1. The van der Waals surface area contributed by atoms with E-state index in [1.54, 1.807) is 12.1 Å². The number of ketones is 2. The Labute approximate surface area is 319 Å². The minimum absolute atomic E-state index is 0.0396. The van der Waals surface area contributed by atoms with Gasteiger partial charge in [-0.3, -0.25) is 19.3 Å². The van der Waals surface area contributed by atoms with Crippen LogP contribution in [0.15, 0.2) is 103 Å². The summed E-state index contributed by atoms with van der Waals surface area (Å²) in [6.07, 6.45) is 4.17. The predicted octanol–water partition coefficient (Wildman–Crippen LogP) is 7.15. The van der Waals surface area contributed by atoms with Crippen molar-refractivity contribution in [1.82, 2.24) is 10.2 Å². The lowest BCUT2D eigenvalue weighted by Crippen LogP contribution is -2.49. The van der Waals surface area contributed by atoms with Gasteiger partial charge >= 0.3 is 0 Å². The van der Waals surface area contributed by atoms with Crippen molar-refractivity contribution in [1.29, 1.82) is 0 Å². The van der Waals surface area contributed by atoms with Crippen molar-refractivity contribution in [2.75, 3.05) is 55.6 Å². The second-order valence-corrected chi connectivity index (χ2v) is 15.1. The van der Waals surface area contributed by atoms with E-state index >= 15 is 0 Å². The second-order valence-electron chi connectivity index (χ2n) is 15.1. The minimum atomic E-state index is -0.542. The van der Waals surface area contributed by atoms with Gasteiger partial charge in [-0.05, 0) is 101 Å². The van der Waals surface area contributed by atoms with Crippen LogP contribution in [0.1, 0.15) is 67.7 Å². The van der Waals surface area contributed by atoms with Crippen LogP contribution in [0.25, 0.3) is 11.1 Å². The Bertz CT molecular complexity index is 1940. The first kappa shape index (κ1) is 37.1. The number of amides is 1. The Morgan fingerprint density at radius 1 is 0.722 bits per heavy atom. The first-order chi connectivity index (χ1) is 26.3. The maximum atomic E-state index is 12.7. The van der Waals surface area contributed by atoms with E-state index < -0.39 is 6.04 Å². The number of carbonyl (C=O) groups is 3. The molecule has 0 radical (unpaired) electrons. The number of piperazine rings is 1. The number of piperidine rings is 1. The Balaban J connectivity index is 0.902. The molecule has 8 nitrogen and oxygen atoms in total. The largest absolute Gasteiger partial charge is 0.508 e. The summed E-state index contributed by atoms with van der Waals surface area (Å²) in [5, 5.41) is 12.8. The predicted molar refractivity (Wildman–Crippen MR) is 217 cm³/mol. The molecular formula is C46H52N4O4. The first-order valence-corrected chi connectivity index (χ1v) is 19.7. The normalized spacial score (nSPS) is 19.1. The molecule has 2 aliphatic heterocycles. The summed E-state index contributed by atoms with van der Waals surface area (Å²) < 4.78 is 0. The molecule has 54 heavy (non-hydrogen) atoms. The van der Waals surface area contributed by atoms with Crippen molar-refractivity contribution in [3.63, 3.8) is 0 Å². The van der Waals surface area contributed by atoms with Crippen LogP contribution in [-0.2, 0) is 20.8 Å². The van der Waals surface area contributed by atoms with Gasteiger partial charge in [0.15, 0.2) is 5.78 Å². The average Bonchev–Trinajstić information content (AvgIpc) is 3.20. The number of nitrogens with one attached hydrogen (secondary N) is 1. The van der Waals surface area contributed by atoms with Crippen molar-refractivity contribution in [3.8, 4) is 5.75 Å². The van der Waals surface area contributed by atoms with Gasteiger partial charge in [-0.15, -0.1) is 0 Å². The van der Waals surface area contributed by atoms with Gasteiger partial charge in [-0.2, -0.15) is 0 Å². The molecule has 1 unspecified atom stereocenters. The van der Waals surface area contributed by atoms with Crippen molar-refractivity contribution in [3.05, 3.63) is 125 Å². The SMILES string of the molecule is CC/C(=C(\c1ccc(O)cc1)c1ccc(N2CCC(CN3CCN(c4cccc(CC(=O)NC5CCC(=O)CC5=O)c4)CC3)CC2)cc1)c1ccccc1. The standard InChI is InChI=1S/C46H52N4O4/c1-2-42(35-8-4-3-5-9-35)46(37-13-17-40(51)18-14-37)36-11-15-38(16-12-36)49-23-21-33(22-24-49)32-48-25-27-50(28-26-48)39-10-6-7-34(29-39)30-45(54)47-43-20-19-41(52)31-44(43)53/h3-18,29,33,43,51H,2,19-28,30-32H2,1H3,(H,47,54)/b46-42+. The highest BCUT2D eigenvalue weighted by Gasteiger charge is 2.28. The number of aromatic hydroxyl groups is 1. The van der Waals surface area contributed by atoms with E-state index in [1.807, 2.05) is 24.3 Å². The highest BCUT2D eigenvalue weighted by Crippen LogP contribution is 2.36. The average molecular weight is 725 g/mol. The monoisotopic (exact) mass is 724 g/mol. The minimum Gasteiger partial charge on any atom is -0.508 e. The lowest BCUT2D eigenvalue weighted by Gasteiger charge is -2.40. The number of phenolic OH excluding ortho intramolecular Hbond substituents is 1. The Morgan fingerprint density at radius 2 is 1.39 bits per heavy atom. The fourth-order valence-corrected chi connectivity index (χ4v) is 8.39. The third kappa shape index (κ3) is 9.11. The molecule has 3 aliphatic rings. The quantitative estimate of drug-likeness (QED) is 0.125. The van der Waals surface area contributed by atoms with E-state index in [0.717, 1.165) is 69.0 Å². The Kier molecular flexibility index (Phi) is 11.9. The molecule has 2 saturated heterocycles. The molecule has 1 atom stereocenters. The highest BCUT2D eigenvalue weighted by molar-refractivity contribution is 6.05. The van der Waals surface area contributed by atoms with E-state index in [4.69, 9.17) is 0 Å². The molecule has 7 rings (SSSR count). The van der Waals surface area contributed by atoms with E-state index in [2.05, 4.69) is 93.7 Å². The van der Waals surface area contributed by atoms with Gasteiger partial charge in [0.2, 0.25) is 5.91 Å². The zero-order valence-electron chi connectivity index (χ0n) is 31.4. The van der Waals surface area contributed by atoms with Crippen molar-refractivity contribution < 1.29 is 19.5 Å². The summed E-state index contributed by atoms with van der Waals surface area (Å²) >= 11 is 0. The maximum Gasteiger partial charge on any atom is 0.225 e. The molecule has 4 aromatic rings. The highest BCUT2D eigenvalue weighted by atomic mass is 16.3. The van der Waals surface area contributed by atoms with E-state index in [1.165, 1.54) is 40.8 Å². The van der Waals surface area contributed by atoms with Gasteiger partial charge < -0.3 is 20.2 Å². The summed E-state index contributed by atoms with van der Waals surface area (Å²) in [5.74, 6) is 0.568. The molecule has 0 spiro atoms. The molecule has 3 fully saturated rings. The van der Waals surface area contributed by atoms with Crippen LogP contribution in [0.5, 0.6) is 5.75 Å². The summed E-state index contributed by atoms with van der Waals surface area (Å²) in [7, 11) is 0. The Morgan fingerprint density at radius 3 is 2.06 bits per heavy atom. The molecule has 0 aromatic heterocycles. The van der Waals surface area contributed by atoms with Crippen molar-refractivity contribution in [2.45, 2.75) is 57.9 Å². The fourth-order valence-electron chi connectivity index (χ4n) is 8.39. The van der Waals surface area contributed by atoms with Crippen molar-refractivity contribution in [2.24, 2.45) is 5.92 Å². The number of nitrogens with zero attached hydrogens (tertiary/aromatic N) is 3. The lowest BCUT2D eigenvalue weighted by molar-refractivity contribution is -0.134. The van der Waals surface area contributed by atoms with Crippen LogP contribution >= 0.6 is 0 Å². The lowest BCUT2D eigenvalue weighted by atomic mass is 9.88. The summed E-state index contributed by atoms with van der Waals surface area (Å²) in [6.45, 7) is 9.41. The molecule has 0 bridgehead atoms. The molecule has 8 heteroatoms. The summed E-state index contributed by atoms with van der Waals surface area (Å²) in [5.41, 5.74) is 9.34. The summed E-state index contributed by atoms with van der Waals surface area (Å²) in [4.78, 5) is 44.0. The molecule has 1 aliphatic carbocycles. The number of carbonyl (C=O) groups excluding carboxylic acids is 3. The first-order valence-electron chi connectivity index (χ1n) is 19.7. The number of phenols is 1. The van der Waals surface area contributed by atoms with Gasteiger partial charge in [-0.1, -0.05) is 73.7 Å². The number of hydrogen-bond acceptors (Lipinski definition) is 7. The smallest absolute Gasteiger partial charge is 0.225 e. The van der Waals surface area contributed by atoms with Crippen LogP contribution < -0.4 is 15.1 Å². The molecule has 4 aromatic carbocycles. The van der Waals surface area contributed by atoms with Crippen molar-refractivity contribution >= 4 is 40.0 Å². The molecule has 2 N–H and O–H groups in total. The zero-order chi connectivity index (χ0) is 37.4. The number of rotatable bonds is 11. The maximum absolute atomic E-state index is 12.7. The molecular weight excluding hydrogens is 673 g/mol. The number of benzene rings is 4. The van der Waals surface area contributed by atoms with Gasteiger partial charge in [0.05, 0.1) is 18.9 Å². The van der Waals surface area contributed by atoms with Gasteiger partial charge in [0, 0.05) is 63.6 Å². The van der Waals surface area contributed by atoms with Crippen LogP contribution in [0, 0.1) is 5.92 Å². The van der Waals surface area contributed by atoms with Crippen LogP contribution in [0.4, 0.5) is 11.4 Å². The van der Waals surface area contributed by atoms with Gasteiger partial charge in [0.25, 0.3) is 0 Å². The Hall–Kier alpha value is -5.21. The molecule has 2 heterocycles. The summed E-state index contributed by atoms with van der Waals surface area (Å²) in [6, 6.07) is 34.9. The van der Waals surface area contributed by atoms with Crippen LogP contribution in [0.2, 0.25) is 0 Å². The topological polar surface area (TPSA) is 93.2 Å². The molecule has 1 saturated carbocycles. The third-order valence-corrected chi connectivity index (χ3v) is 11.4.